The predicted octanol–water partition coefficient (Wildman–Crippen LogP) is 4.93. The molecule has 8 nitrogen and oxygen atoms in total. The molecule has 2 atom stereocenters. The normalized spacial score (nSPS) is 18.1. The van der Waals surface area contributed by atoms with E-state index < -0.39 is 17.9 Å². The maximum absolute atomic E-state index is 15.0. The maximum Gasteiger partial charge on any atom is 0.410 e. The van der Waals surface area contributed by atoms with Crippen molar-refractivity contribution in [2.45, 2.75) is 64.1 Å². The molecule has 0 saturated carbocycles. The molecule has 40 heavy (non-hydrogen) atoms. The van der Waals surface area contributed by atoms with Gasteiger partial charge in [-0.2, -0.15) is 5.26 Å². The Kier molecular flexibility index (Phi) is 11.2. The van der Waals surface area contributed by atoms with Crippen LogP contribution in [0, 0.1) is 23.1 Å². The molecule has 0 radical (unpaired) electrons. The van der Waals surface area contributed by atoms with Crippen LogP contribution in [-0.2, 0) is 16.0 Å². The van der Waals surface area contributed by atoms with Crippen molar-refractivity contribution in [2.75, 3.05) is 26.2 Å². The number of ether oxygens (including phenoxy) is 2. The molecule has 4 rings (SSSR count). The monoisotopic (exact) mass is 572 g/mol. The van der Waals surface area contributed by atoms with Crippen molar-refractivity contribution >= 4 is 24.4 Å². The van der Waals surface area contributed by atoms with Crippen molar-refractivity contribution in [1.29, 1.82) is 5.26 Å². The van der Waals surface area contributed by atoms with Crippen molar-refractivity contribution in [3.8, 4) is 22.9 Å². The Hall–Kier alpha value is -3.35. The summed E-state index contributed by atoms with van der Waals surface area (Å²) >= 11 is 0. The third-order valence-electron chi connectivity index (χ3n) is 7.36. The minimum absolute atomic E-state index is 0. The lowest BCUT2D eigenvalue weighted by Crippen LogP contribution is -2.46. The van der Waals surface area contributed by atoms with Crippen LogP contribution < -0.4 is 10.5 Å². The summed E-state index contributed by atoms with van der Waals surface area (Å²) in [6.07, 6.45) is 2.79. The van der Waals surface area contributed by atoms with Gasteiger partial charge in [0.15, 0.2) is 0 Å². The van der Waals surface area contributed by atoms with Crippen molar-refractivity contribution in [1.82, 2.24) is 9.80 Å². The van der Waals surface area contributed by atoms with Gasteiger partial charge in [-0.15, -0.1) is 12.4 Å². The van der Waals surface area contributed by atoms with E-state index >= 15 is 4.39 Å². The van der Waals surface area contributed by atoms with E-state index in [0.717, 1.165) is 24.8 Å². The fourth-order valence-electron chi connectivity index (χ4n) is 5.13. The van der Waals surface area contributed by atoms with Gasteiger partial charge in [0, 0.05) is 19.6 Å². The lowest BCUT2D eigenvalue weighted by molar-refractivity contribution is -0.132. The van der Waals surface area contributed by atoms with E-state index in [1.807, 2.05) is 44.2 Å². The number of carbonyl (C=O) groups excluding carboxylic acids is 2. The standard InChI is InChI=1S/C30H37FN4O4.ClH/c1-20(2)39-30(37)34-13-10-21(11-14-34)19-38-26-7-3-5-22(15-26)23-8-9-24(27(31)16-23)17-28(33)29(36)35-12-4-6-25(35)18-32;/h3,5,7-9,15-16,20-21,25,28H,4,6,10-14,17,19,33H2,1-2H3;1H/t25-,28-;/m0./s1. The number of nitrogens with zero attached hydrogens (tertiary/aromatic N) is 3. The van der Waals surface area contributed by atoms with E-state index in [9.17, 15) is 14.9 Å². The van der Waals surface area contributed by atoms with Gasteiger partial charge in [0.1, 0.15) is 17.6 Å². The Bertz CT molecular complexity index is 1210. The Morgan fingerprint density at radius 1 is 1.10 bits per heavy atom. The van der Waals surface area contributed by atoms with Gasteiger partial charge in [-0.25, -0.2) is 9.18 Å². The van der Waals surface area contributed by atoms with Gasteiger partial charge < -0.3 is 25.0 Å². The van der Waals surface area contributed by atoms with Crippen LogP contribution in [0.4, 0.5) is 9.18 Å². The lowest BCUT2D eigenvalue weighted by atomic mass is 9.98. The summed E-state index contributed by atoms with van der Waals surface area (Å²) in [6.45, 7) is 6.04. The van der Waals surface area contributed by atoms with Crippen LogP contribution in [0.15, 0.2) is 42.5 Å². The van der Waals surface area contributed by atoms with Gasteiger partial charge in [0.05, 0.1) is 24.8 Å². The largest absolute Gasteiger partial charge is 0.493 e. The van der Waals surface area contributed by atoms with Crippen molar-refractivity contribution < 1.29 is 23.5 Å². The van der Waals surface area contributed by atoms with Gasteiger partial charge >= 0.3 is 6.09 Å². The van der Waals surface area contributed by atoms with E-state index in [1.165, 1.54) is 11.0 Å². The molecule has 0 bridgehead atoms. The second-order valence-corrected chi connectivity index (χ2v) is 10.6. The third-order valence-corrected chi connectivity index (χ3v) is 7.36. The number of hydrogen-bond acceptors (Lipinski definition) is 6. The number of hydrogen-bond donors (Lipinski definition) is 1. The average Bonchev–Trinajstić information content (AvgIpc) is 3.41. The highest BCUT2D eigenvalue weighted by Gasteiger charge is 2.32. The highest BCUT2D eigenvalue weighted by atomic mass is 35.5. The third kappa shape index (κ3) is 7.86. The molecule has 2 heterocycles. The highest BCUT2D eigenvalue weighted by Crippen LogP contribution is 2.28. The molecule has 2 saturated heterocycles. The van der Waals surface area contributed by atoms with Gasteiger partial charge in [0.25, 0.3) is 0 Å². The van der Waals surface area contributed by atoms with Crippen LogP contribution in [0.25, 0.3) is 11.1 Å². The second-order valence-electron chi connectivity index (χ2n) is 10.6. The summed E-state index contributed by atoms with van der Waals surface area (Å²) in [7, 11) is 0. The summed E-state index contributed by atoms with van der Waals surface area (Å²) in [5.74, 6) is 0.296. The summed E-state index contributed by atoms with van der Waals surface area (Å²) in [5, 5.41) is 9.24. The molecule has 216 valence electrons. The first-order valence-corrected chi connectivity index (χ1v) is 13.7. The Morgan fingerprint density at radius 2 is 1.82 bits per heavy atom. The minimum Gasteiger partial charge on any atom is -0.493 e. The Morgan fingerprint density at radius 3 is 2.50 bits per heavy atom. The molecule has 2 aromatic carbocycles. The zero-order valence-electron chi connectivity index (χ0n) is 23.1. The molecule has 0 aromatic heterocycles. The second kappa shape index (κ2) is 14.3. The van der Waals surface area contributed by atoms with Crippen LogP contribution in [0.1, 0.15) is 45.1 Å². The number of piperidine rings is 1. The molecule has 10 heteroatoms. The van der Waals surface area contributed by atoms with E-state index in [2.05, 4.69) is 6.07 Å². The number of rotatable bonds is 8. The van der Waals surface area contributed by atoms with Crippen LogP contribution >= 0.6 is 12.4 Å². The number of halogens is 2. The van der Waals surface area contributed by atoms with Crippen molar-refractivity contribution in [2.24, 2.45) is 11.7 Å². The van der Waals surface area contributed by atoms with Gasteiger partial charge in [-0.1, -0.05) is 24.3 Å². The molecule has 2 aromatic rings. The number of amides is 2. The Labute approximate surface area is 241 Å². The first-order chi connectivity index (χ1) is 18.7. The summed E-state index contributed by atoms with van der Waals surface area (Å²) < 4.78 is 26.4. The quantitative estimate of drug-likeness (QED) is 0.480. The van der Waals surface area contributed by atoms with Crippen molar-refractivity contribution in [3.63, 3.8) is 0 Å². The topological polar surface area (TPSA) is 109 Å². The number of nitrogens with two attached hydrogens (primary N) is 1. The Balaban J connectivity index is 0.00000441. The predicted molar refractivity (Wildman–Crippen MR) is 153 cm³/mol. The smallest absolute Gasteiger partial charge is 0.410 e. The average molecular weight is 573 g/mol. The van der Waals surface area contributed by atoms with Crippen LogP contribution in [0.5, 0.6) is 5.75 Å². The van der Waals surface area contributed by atoms with Crippen LogP contribution in [0.3, 0.4) is 0 Å². The van der Waals surface area contributed by atoms with Crippen LogP contribution in [0.2, 0.25) is 0 Å². The molecule has 0 spiro atoms. The first-order valence-electron chi connectivity index (χ1n) is 13.7. The summed E-state index contributed by atoms with van der Waals surface area (Å²) in [4.78, 5) is 28.0. The van der Waals surface area contributed by atoms with Gasteiger partial charge in [-0.05, 0) is 86.8 Å². The van der Waals surface area contributed by atoms with E-state index in [1.54, 1.807) is 11.0 Å². The van der Waals surface area contributed by atoms with Gasteiger partial charge in [-0.3, -0.25) is 4.79 Å². The SMILES string of the molecule is CC(C)OC(=O)N1CCC(COc2cccc(-c3ccc(C[C@H](N)C(=O)N4CCC[C@H]4C#N)c(F)c3)c2)CC1.Cl. The van der Waals surface area contributed by atoms with Crippen LogP contribution in [-0.4, -0.2) is 66.2 Å². The maximum atomic E-state index is 15.0. The summed E-state index contributed by atoms with van der Waals surface area (Å²) in [6, 6.07) is 13.2. The minimum atomic E-state index is -0.899. The first kappa shape index (κ1) is 31.2. The number of likely N-dealkylation sites (tertiary alicyclic amines) is 2. The molecule has 2 aliphatic heterocycles. The number of benzene rings is 2. The molecular formula is C30H38ClFN4O4. The number of nitriles is 1. The molecule has 2 N–H and O–H groups in total. The number of carbonyl (C=O) groups is 2. The molecule has 0 unspecified atom stereocenters. The fraction of sp³-hybridized carbons (Fsp3) is 0.500. The molecule has 2 fully saturated rings. The van der Waals surface area contributed by atoms with E-state index in [4.69, 9.17) is 15.2 Å². The van der Waals surface area contributed by atoms with Crippen molar-refractivity contribution in [3.05, 3.63) is 53.8 Å². The molecule has 2 amide bonds. The van der Waals surface area contributed by atoms with E-state index in [0.29, 0.717) is 55.5 Å². The lowest BCUT2D eigenvalue weighted by Gasteiger charge is -2.31. The zero-order valence-corrected chi connectivity index (χ0v) is 23.9. The van der Waals surface area contributed by atoms with Gasteiger partial charge in [0.2, 0.25) is 5.91 Å². The van der Waals surface area contributed by atoms with E-state index in [-0.39, 0.29) is 36.9 Å². The molecule has 0 aliphatic carbocycles. The fourth-order valence-corrected chi connectivity index (χ4v) is 5.13. The zero-order chi connectivity index (χ0) is 27.9. The molecule has 2 aliphatic rings. The summed E-state index contributed by atoms with van der Waals surface area (Å²) in [5.41, 5.74) is 7.99. The highest BCUT2D eigenvalue weighted by molar-refractivity contribution is 5.85. The molecular weight excluding hydrogens is 535 g/mol.